The molecule has 1 atom stereocenters. The second kappa shape index (κ2) is 10.7. The van der Waals surface area contributed by atoms with E-state index >= 15 is 0 Å². The lowest BCUT2D eigenvalue weighted by Gasteiger charge is -2.25. The van der Waals surface area contributed by atoms with Crippen molar-refractivity contribution in [1.29, 1.82) is 0 Å². The zero-order valence-electron chi connectivity index (χ0n) is 18.8. The van der Waals surface area contributed by atoms with Gasteiger partial charge in [0, 0.05) is 6.54 Å². The molecular formula is C25H27ClN2O4S. The summed E-state index contributed by atoms with van der Waals surface area (Å²) in [6.07, 6.45) is 0. The van der Waals surface area contributed by atoms with E-state index in [-0.39, 0.29) is 28.1 Å². The Kier molecular flexibility index (Phi) is 8.00. The Labute approximate surface area is 200 Å². The number of carbonyl (C=O) groups excluding carboxylic acids is 1. The zero-order chi connectivity index (χ0) is 24.0. The van der Waals surface area contributed by atoms with E-state index in [1.165, 1.54) is 25.3 Å². The third-order valence-corrected chi connectivity index (χ3v) is 7.38. The van der Waals surface area contributed by atoms with Gasteiger partial charge in [0.2, 0.25) is 5.91 Å². The SMILES string of the molecule is COc1ccc(N(CC(=O)NC[C@@H](C)c2ccccc2)S(=O)(=O)c2ccc(C)cc2)cc1Cl. The number of aryl methyl sites for hydroxylation is 1. The van der Waals surface area contributed by atoms with Crippen LogP contribution in [0.25, 0.3) is 0 Å². The van der Waals surface area contributed by atoms with E-state index in [1.54, 1.807) is 24.3 Å². The molecule has 1 N–H and O–H groups in total. The highest BCUT2D eigenvalue weighted by Gasteiger charge is 2.28. The molecule has 1 amide bonds. The molecule has 0 aromatic heterocycles. The predicted octanol–water partition coefficient (Wildman–Crippen LogP) is 4.77. The van der Waals surface area contributed by atoms with E-state index in [4.69, 9.17) is 16.3 Å². The van der Waals surface area contributed by atoms with Gasteiger partial charge in [-0.05, 0) is 48.7 Å². The lowest BCUT2D eigenvalue weighted by Crippen LogP contribution is -2.41. The number of benzene rings is 3. The van der Waals surface area contributed by atoms with Crippen molar-refractivity contribution in [1.82, 2.24) is 5.32 Å². The summed E-state index contributed by atoms with van der Waals surface area (Å²) in [4.78, 5) is 12.9. The second-order valence-electron chi connectivity index (χ2n) is 7.76. The standard InChI is InChI=1S/C25H27ClN2O4S/c1-18-9-12-22(13-10-18)33(30,31)28(21-11-14-24(32-3)23(26)15-21)17-25(29)27-16-19(2)20-7-5-4-6-8-20/h4-15,19H,16-17H2,1-3H3,(H,27,29)/t19-/m1/s1. The minimum Gasteiger partial charge on any atom is -0.495 e. The highest BCUT2D eigenvalue weighted by atomic mass is 35.5. The van der Waals surface area contributed by atoms with Crippen LogP contribution in [-0.2, 0) is 14.8 Å². The predicted molar refractivity (Wildman–Crippen MR) is 132 cm³/mol. The Hall–Kier alpha value is -3.03. The van der Waals surface area contributed by atoms with Crippen molar-refractivity contribution < 1.29 is 17.9 Å². The van der Waals surface area contributed by atoms with Gasteiger partial charge in [0.05, 0.1) is 22.7 Å². The van der Waals surface area contributed by atoms with Crippen LogP contribution in [-0.4, -0.2) is 34.5 Å². The average Bonchev–Trinajstić information content (AvgIpc) is 2.81. The zero-order valence-corrected chi connectivity index (χ0v) is 20.4. The van der Waals surface area contributed by atoms with Crippen LogP contribution >= 0.6 is 11.6 Å². The first-order valence-electron chi connectivity index (χ1n) is 10.5. The van der Waals surface area contributed by atoms with Gasteiger partial charge in [-0.1, -0.05) is 66.6 Å². The van der Waals surface area contributed by atoms with Crippen molar-refractivity contribution in [3.63, 3.8) is 0 Å². The second-order valence-corrected chi connectivity index (χ2v) is 10.0. The number of hydrogen-bond acceptors (Lipinski definition) is 4. The van der Waals surface area contributed by atoms with Crippen LogP contribution in [0.4, 0.5) is 5.69 Å². The number of carbonyl (C=O) groups is 1. The maximum absolute atomic E-state index is 13.5. The van der Waals surface area contributed by atoms with Gasteiger partial charge in [-0.3, -0.25) is 9.10 Å². The number of hydrogen-bond donors (Lipinski definition) is 1. The summed E-state index contributed by atoms with van der Waals surface area (Å²) in [5.74, 6) is 0.0717. The summed E-state index contributed by atoms with van der Waals surface area (Å²) in [6.45, 7) is 3.86. The van der Waals surface area contributed by atoms with Crippen LogP contribution in [0.3, 0.4) is 0 Å². The topological polar surface area (TPSA) is 75.7 Å². The lowest BCUT2D eigenvalue weighted by molar-refractivity contribution is -0.119. The summed E-state index contributed by atoms with van der Waals surface area (Å²) in [6, 6.07) is 20.9. The summed E-state index contributed by atoms with van der Waals surface area (Å²) in [5.41, 5.74) is 2.29. The number of nitrogens with one attached hydrogen (secondary N) is 1. The summed E-state index contributed by atoms with van der Waals surface area (Å²) in [5, 5.41) is 3.10. The van der Waals surface area contributed by atoms with Gasteiger partial charge >= 0.3 is 0 Å². The van der Waals surface area contributed by atoms with Crippen LogP contribution in [0, 0.1) is 6.92 Å². The molecule has 6 nitrogen and oxygen atoms in total. The molecule has 3 aromatic rings. The van der Waals surface area contributed by atoms with Gasteiger partial charge < -0.3 is 10.1 Å². The number of sulfonamides is 1. The lowest BCUT2D eigenvalue weighted by atomic mass is 10.0. The molecule has 174 valence electrons. The first-order chi connectivity index (χ1) is 15.7. The molecule has 8 heteroatoms. The van der Waals surface area contributed by atoms with E-state index < -0.39 is 15.9 Å². The monoisotopic (exact) mass is 486 g/mol. The molecule has 0 unspecified atom stereocenters. The molecule has 0 saturated carbocycles. The Bertz CT molecular complexity index is 1200. The van der Waals surface area contributed by atoms with Crippen molar-refractivity contribution in [2.45, 2.75) is 24.7 Å². The maximum Gasteiger partial charge on any atom is 0.264 e. The van der Waals surface area contributed by atoms with E-state index in [9.17, 15) is 13.2 Å². The average molecular weight is 487 g/mol. The molecule has 0 saturated heterocycles. The minimum atomic E-state index is -4.02. The fourth-order valence-corrected chi connectivity index (χ4v) is 4.98. The van der Waals surface area contributed by atoms with Crippen LogP contribution in [0.2, 0.25) is 5.02 Å². The molecule has 0 aliphatic heterocycles. The molecule has 3 rings (SSSR count). The van der Waals surface area contributed by atoms with Crippen LogP contribution < -0.4 is 14.4 Å². The van der Waals surface area contributed by atoms with E-state index in [0.717, 1.165) is 15.4 Å². The fraction of sp³-hybridized carbons (Fsp3) is 0.240. The van der Waals surface area contributed by atoms with Crippen molar-refractivity contribution in [2.75, 3.05) is 24.5 Å². The molecule has 0 radical (unpaired) electrons. The fourth-order valence-electron chi connectivity index (χ4n) is 3.32. The molecule has 0 heterocycles. The molecule has 33 heavy (non-hydrogen) atoms. The van der Waals surface area contributed by atoms with Gasteiger partial charge in [0.25, 0.3) is 10.0 Å². The van der Waals surface area contributed by atoms with Crippen molar-refractivity contribution in [3.05, 3.63) is 88.9 Å². The van der Waals surface area contributed by atoms with Gasteiger partial charge in [-0.15, -0.1) is 0 Å². The number of amides is 1. The maximum atomic E-state index is 13.5. The largest absolute Gasteiger partial charge is 0.495 e. The Morgan fingerprint density at radius 2 is 1.73 bits per heavy atom. The van der Waals surface area contributed by atoms with Crippen LogP contribution in [0.15, 0.2) is 77.7 Å². The van der Waals surface area contributed by atoms with Crippen molar-refractivity contribution in [3.8, 4) is 5.75 Å². The number of rotatable bonds is 9. The highest BCUT2D eigenvalue weighted by molar-refractivity contribution is 7.92. The Morgan fingerprint density at radius 3 is 2.33 bits per heavy atom. The molecular weight excluding hydrogens is 460 g/mol. The third-order valence-electron chi connectivity index (χ3n) is 5.29. The molecule has 3 aromatic carbocycles. The highest BCUT2D eigenvalue weighted by Crippen LogP contribution is 2.32. The van der Waals surface area contributed by atoms with Crippen molar-refractivity contribution >= 4 is 33.2 Å². The third kappa shape index (κ3) is 6.06. The summed E-state index contributed by atoms with van der Waals surface area (Å²) >= 11 is 6.25. The number of methoxy groups -OCH3 is 1. The summed E-state index contributed by atoms with van der Waals surface area (Å²) < 4.78 is 33.2. The molecule has 0 fully saturated rings. The van der Waals surface area contributed by atoms with Crippen LogP contribution in [0.1, 0.15) is 24.0 Å². The normalized spacial score (nSPS) is 12.1. The van der Waals surface area contributed by atoms with E-state index in [2.05, 4.69) is 5.32 Å². The van der Waals surface area contributed by atoms with Gasteiger partial charge in [0.1, 0.15) is 12.3 Å². The van der Waals surface area contributed by atoms with Gasteiger partial charge in [-0.25, -0.2) is 8.42 Å². The molecule has 0 aliphatic rings. The minimum absolute atomic E-state index is 0.0766. The molecule has 0 spiro atoms. The van der Waals surface area contributed by atoms with Gasteiger partial charge in [0.15, 0.2) is 0 Å². The van der Waals surface area contributed by atoms with Crippen molar-refractivity contribution in [2.24, 2.45) is 0 Å². The van der Waals surface area contributed by atoms with Gasteiger partial charge in [-0.2, -0.15) is 0 Å². The first-order valence-corrected chi connectivity index (χ1v) is 12.3. The Balaban J connectivity index is 1.86. The number of anilines is 1. The van der Waals surface area contributed by atoms with Crippen LogP contribution in [0.5, 0.6) is 5.75 Å². The number of halogens is 1. The Morgan fingerprint density at radius 1 is 1.06 bits per heavy atom. The van der Waals surface area contributed by atoms with E-state index in [0.29, 0.717) is 12.3 Å². The number of ether oxygens (including phenoxy) is 1. The van der Waals surface area contributed by atoms with E-state index in [1.807, 2.05) is 44.2 Å². The quantitative estimate of drug-likeness (QED) is 0.472. The summed E-state index contributed by atoms with van der Waals surface area (Å²) in [7, 11) is -2.54. The molecule has 0 bridgehead atoms. The first kappa shape index (κ1) is 24.6. The molecule has 0 aliphatic carbocycles. The number of nitrogens with zero attached hydrogens (tertiary/aromatic N) is 1. The smallest absolute Gasteiger partial charge is 0.264 e.